The zero-order valence-corrected chi connectivity index (χ0v) is 28.6. The van der Waals surface area contributed by atoms with Gasteiger partial charge in [0.2, 0.25) is 0 Å². The summed E-state index contributed by atoms with van der Waals surface area (Å²) in [5.41, 5.74) is -2.56. The molecule has 0 aromatic carbocycles. The predicted octanol–water partition coefficient (Wildman–Crippen LogP) is 1.19. The van der Waals surface area contributed by atoms with Gasteiger partial charge in [-0.3, -0.25) is 0 Å². The van der Waals surface area contributed by atoms with Crippen LogP contribution in [0.4, 0.5) is 0 Å². The molecule has 5 fully saturated rings. The maximum absolute atomic E-state index is 12.6. The minimum absolute atomic E-state index is 0.00478. The van der Waals surface area contributed by atoms with E-state index in [0.29, 0.717) is 44.1 Å². The van der Waals surface area contributed by atoms with Gasteiger partial charge in [0.1, 0.15) is 18.3 Å². The van der Waals surface area contributed by atoms with E-state index in [-0.39, 0.29) is 30.8 Å². The standard InChI is InChI=1S/C35H62O11/c1-17(2)19(11-14-45-32-30(42)27(39)22(44-6)16-46-32)8-7-18(3)24-28(40)29(41)31-34(24,5)13-10-23-33(4)12-9-20(36)26(38)25(33)21(37)15-35(23,31)43/h17-32,36-43H,7-16H2,1-6H3/t18-,19-,20+,21+,22-,23-,24+,25+,26+,27+,28-,29-,30-,31-,32-,33-,34-,35+/m1/s1. The molecule has 1 saturated heterocycles. The second-order valence-electron chi connectivity index (χ2n) is 16.6. The predicted molar refractivity (Wildman–Crippen MR) is 168 cm³/mol. The maximum atomic E-state index is 12.6. The van der Waals surface area contributed by atoms with Crippen molar-refractivity contribution in [1.82, 2.24) is 0 Å². The summed E-state index contributed by atoms with van der Waals surface area (Å²) < 4.78 is 16.6. The van der Waals surface area contributed by atoms with Gasteiger partial charge in [-0.2, -0.15) is 0 Å². The van der Waals surface area contributed by atoms with Gasteiger partial charge in [0.25, 0.3) is 0 Å². The van der Waals surface area contributed by atoms with Crippen molar-refractivity contribution in [2.75, 3.05) is 20.3 Å². The van der Waals surface area contributed by atoms with Gasteiger partial charge in [0, 0.05) is 25.4 Å². The molecule has 4 saturated carbocycles. The molecule has 18 atom stereocenters. The molecule has 8 N–H and O–H groups in total. The smallest absolute Gasteiger partial charge is 0.186 e. The molecule has 5 rings (SSSR count). The van der Waals surface area contributed by atoms with Crippen molar-refractivity contribution in [3.05, 3.63) is 0 Å². The van der Waals surface area contributed by atoms with E-state index in [0.717, 1.165) is 19.3 Å². The molecule has 11 heteroatoms. The van der Waals surface area contributed by atoms with E-state index in [1.54, 1.807) is 0 Å². The van der Waals surface area contributed by atoms with E-state index in [1.807, 2.05) is 6.92 Å². The van der Waals surface area contributed by atoms with Gasteiger partial charge >= 0.3 is 0 Å². The Balaban J connectivity index is 1.25. The van der Waals surface area contributed by atoms with Crippen LogP contribution in [0.15, 0.2) is 0 Å². The van der Waals surface area contributed by atoms with Crippen LogP contribution in [0.2, 0.25) is 0 Å². The molecular weight excluding hydrogens is 596 g/mol. The number of methoxy groups -OCH3 is 1. The Morgan fingerprint density at radius 2 is 1.46 bits per heavy atom. The first kappa shape index (κ1) is 36.8. The summed E-state index contributed by atoms with van der Waals surface area (Å²) in [6.45, 7) is 11.1. The quantitative estimate of drug-likeness (QED) is 0.168. The zero-order valence-electron chi connectivity index (χ0n) is 28.6. The summed E-state index contributed by atoms with van der Waals surface area (Å²) in [6.07, 6.45) is -4.18. The highest BCUT2D eigenvalue weighted by molar-refractivity contribution is 5.22. The molecule has 0 bridgehead atoms. The Bertz CT molecular complexity index is 1030. The van der Waals surface area contributed by atoms with Gasteiger partial charge in [-0.1, -0.05) is 41.0 Å². The van der Waals surface area contributed by atoms with Crippen molar-refractivity contribution in [3.63, 3.8) is 0 Å². The third-order valence-electron chi connectivity index (χ3n) is 14.0. The van der Waals surface area contributed by atoms with E-state index >= 15 is 0 Å². The number of hydrogen-bond acceptors (Lipinski definition) is 11. The summed E-state index contributed by atoms with van der Waals surface area (Å²) >= 11 is 0. The molecule has 4 aliphatic carbocycles. The molecule has 0 aromatic heterocycles. The molecule has 1 heterocycles. The van der Waals surface area contributed by atoms with Gasteiger partial charge in [0.05, 0.1) is 49.3 Å². The number of rotatable bonds is 10. The fraction of sp³-hybridized carbons (Fsp3) is 1.00. The first-order valence-corrected chi connectivity index (χ1v) is 17.8. The first-order chi connectivity index (χ1) is 21.5. The second kappa shape index (κ2) is 13.7. The fourth-order valence-corrected chi connectivity index (χ4v) is 11.6. The van der Waals surface area contributed by atoms with Crippen LogP contribution in [0.1, 0.15) is 86.0 Å². The van der Waals surface area contributed by atoms with E-state index in [4.69, 9.17) is 14.2 Å². The van der Waals surface area contributed by atoms with Crippen molar-refractivity contribution < 1.29 is 55.1 Å². The SMILES string of the molecule is CO[C@@H]1CO[C@@H](OCC[C@@H](CC[C@@H](C)[C@H]2[C@@H](O)[C@@H](O)[C@@H]3[C@]2(C)CC[C@@H]2[C@@]4(C)CC[C@H](O)[C@H](O)[C@@H]4[C@@H](O)C[C@]23O)C(C)C)[C@H](O)[C@H]1O. The summed E-state index contributed by atoms with van der Waals surface area (Å²) in [5, 5.41) is 89.2. The summed E-state index contributed by atoms with van der Waals surface area (Å²) in [5.74, 6) is -0.993. The number of ether oxygens (including phenoxy) is 3. The van der Waals surface area contributed by atoms with Crippen LogP contribution in [0, 0.1) is 52.3 Å². The van der Waals surface area contributed by atoms with Crippen molar-refractivity contribution in [1.29, 1.82) is 0 Å². The van der Waals surface area contributed by atoms with Gasteiger partial charge < -0.3 is 55.1 Å². The summed E-state index contributed by atoms with van der Waals surface area (Å²) in [4.78, 5) is 0. The average molecular weight is 659 g/mol. The molecule has 0 unspecified atom stereocenters. The third kappa shape index (κ3) is 6.01. The number of aliphatic hydroxyl groups excluding tert-OH is 7. The molecule has 1 aliphatic heterocycles. The largest absolute Gasteiger partial charge is 0.393 e. The van der Waals surface area contributed by atoms with Gasteiger partial charge in [0.15, 0.2) is 6.29 Å². The van der Waals surface area contributed by atoms with Crippen LogP contribution in [0.5, 0.6) is 0 Å². The van der Waals surface area contributed by atoms with Crippen LogP contribution >= 0.6 is 0 Å². The van der Waals surface area contributed by atoms with E-state index in [2.05, 4.69) is 27.7 Å². The number of fused-ring (bicyclic) bond motifs is 5. The van der Waals surface area contributed by atoms with E-state index in [9.17, 15) is 40.9 Å². The Hall–Kier alpha value is -0.440. The average Bonchev–Trinajstić information content (AvgIpc) is 3.19. The fourth-order valence-electron chi connectivity index (χ4n) is 11.6. The molecule has 5 aliphatic rings. The van der Waals surface area contributed by atoms with E-state index < -0.39 is 83.4 Å². The normalized spacial score (nSPS) is 52.1. The molecular formula is C35H62O11. The molecule has 11 nitrogen and oxygen atoms in total. The van der Waals surface area contributed by atoms with Gasteiger partial charge in [-0.05, 0) is 78.9 Å². The molecule has 0 amide bonds. The van der Waals surface area contributed by atoms with Crippen LogP contribution in [-0.2, 0) is 14.2 Å². The minimum Gasteiger partial charge on any atom is -0.393 e. The number of hydrogen-bond donors (Lipinski definition) is 8. The van der Waals surface area contributed by atoms with Crippen molar-refractivity contribution in [2.24, 2.45) is 52.3 Å². The lowest BCUT2D eigenvalue weighted by Gasteiger charge is -2.66. The van der Waals surface area contributed by atoms with Crippen molar-refractivity contribution in [3.8, 4) is 0 Å². The zero-order chi connectivity index (χ0) is 33.9. The first-order valence-electron chi connectivity index (χ1n) is 17.8. The topological polar surface area (TPSA) is 190 Å². The highest BCUT2D eigenvalue weighted by atomic mass is 16.7. The number of aliphatic hydroxyl groups is 8. The molecule has 268 valence electrons. The van der Waals surface area contributed by atoms with Gasteiger partial charge in [-0.15, -0.1) is 0 Å². The molecule has 0 radical (unpaired) electrons. The maximum Gasteiger partial charge on any atom is 0.186 e. The summed E-state index contributed by atoms with van der Waals surface area (Å²) in [6, 6.07) is 0. The Kier molecular flexibility index (Phi) is 11.0. The summed E-state index contributed by atoms with van der Waals surface area (Å²) in [7, 11) is 1.46. The Morgan fingerprint density at radius 1 is 0.783 bits per heavy atom. The third-order valence-corrected chi connectivity index (χ3v) is 14.0. The molecule has 0 aromatic rings. The highest BCUT2D eigenvalue weighted by Gasteiger charge is 2.73. The molecule has 0 spiro atoms. The lowest BCUT2D eigenvalue weighted by Crippen LogP contribution is -2.71. The minimum atomic E-state index is -1.41. The highest BCUT2D eigenvalue weighted by Crippen LogP contribution is 2.69. The second-order valence-corrected chi connectivity index (χ2v) is 16.6. The lowest BCUT2D eigenvalue weighted by molar-refractivity contribution is -0.280. The van der Waals surface area contributed by atoms with E-state index in [1.165, 1.54) is 7.11 Å². The monoisotopic (exact) mass is 658 g/mol. The van der Waals surface area contributed by atoms with Crippen molar-refractivity contribution >= 4 is 0 Å². The van der Waals surface area contributed by atoms with Crippen LogP contribution in [0.25, 0.3) is 0 Å². The molecule has 46 heavy (non-hydrogen) atoms. The van der Waals surface area contributed by atoms with Crippen molar-refractivity contribution in [2.45, 2.75) is 147 Å². The Labute approximate surface area is 274 Å². The Morgan fingerprint density at radius 3 is 2.11 bits per heavy atom. The van der Waals surface area contributed by atoms with Crippen LogP contribution in [-0.4, -0.2) is 122 Å². The van der Waals surface area contributed by atoms with Crippen LogP contribution in [0.3, 0.4) is 0 Å². The van der Waals surface area contributed by atoms with Crippen LogP contribution < -0.4 is 0 Å². The lowest BCUT2D eigenvalue weighted by atomic mass is 9.41. The van der Waals surface area contributed by atoms with Gasteiger partial charge in [-0.25, -0.2) is 0 Å².